The quantitative estimate of drug-likeness (QED) is 0.816. The van der Waals surface area contributed by atoms with Gasteiger partial charge in [0.1, 0.15) is 0 Å². The molecule has 0 unspecified atom stereocenters. The van der Waals surface area contributed by atoms with E-state index in [4.69, 9.17) is 9.72 Å². The molecule has 0 radical (unpaired) electrons. The highest BCUT2D eigenvalue weighted by Gasteiger charge is 2.28. The van der Waals surface area contributed by atoms with Crippen LogP contribution in [0.4, 0.5) is 11.6 Å². The molecule has 0 bridgehead atoms. The highest BCUT2D eigenvalue weighted by atomic mass is 16.5. The number of amides is 1. The third kappa shape index (κ3) is 3.98. The van der Waals surface area contributed by atoms with E-state index in [1.807, 2.05) is 6.07 Å². The zero-order valence-corrected chi connectivity index (χ0v) is 16.0. The van der Waals surface area contributed by atoms with Crippen molar-refractivity contribution in [1.82, 2.24) is 15.0 Å². The van der Waals surface area contributed by atoms with Gasteiger partial charge in [0.2, 0.25) is 5.91 Å². The molecule has 8 nitrogen and oxygen atoms in total. The Morgan fingerprint density at radius 2 is 2.11 bits per heavy atom. The van der Waals surface area contributed by atoms with Crippen molar-refractivity contribution in [2.45, 2.75) is 32.3 Å². The Labute approximate surface area is 164 Å². The summed E-state index contributed by atoms with van der Waals surface area (Å²) < 4.78 is 5.42. The molecule has 2 aromatic rings. The lowest BCUT2D eigenvalue weighted by molar-refractivity contribution is -0.117. The number of anilines is 2. The zero-order chi connectivity index (χ0) is 19.5. The minimum atomic E-state index is -0.619. The second-order valence-corrected chi connectivity index (χ2v) is 7.32. The molecule has 0 saturated carbocycles. The average molecular weight is 383 g/mol. The standard InChI is InChI=1S/C20H25N5O3/c1-13(26)16-3-2-15(10-21-16)17-11-22-19-20(24-17)25(18(27)12-23-19)7-4-14-5-8-28-9-6-14/h2-3,10-11,13-14,26H,4-9,12H2,1H3,(H,22,23)/t13-/m1/s1. The van der Waals surface area contributed by atoms with Gasteiger partial charge in [-0.25, -0.2) is 9.97 Å². The molecule has 1 atom stereocenters. The minimum Gasteiger partial charge on any atom is -0.387 e. The molecule has 1 amide bonds. The smallest absolute Gasteiger partial charge is 0.247 e. The SMILES string of the molecule is C[C@@H](O)c1ccc(-c2cnc3c(n2)N(CCC2CCOCC2)C(=O)CN3)cn1. The number of nitrogens with zero attached hydrogens (tertiary/aromatic N) is 4. The van der Waals surface area contributed by atoms with E-state index in [0.717, 1.165) is 38.0 Å². The van der Waals surface area contributed by atoms with E-state index < -0.39 is 6.10 Å². The Balaban J connectivity index is 1.56. The molecular weight excluding hydrogens is 358 g/mol. The first-order chi connectivity index (χ1) is 13.6. The van der Waals surface area contributed by atoms with E-state index in [1.165, 1.54) is 0 Å². The molecule has 2 aliphatic heterocycles. The molecule has 28 heavy (non-hydrogen) atoms. The lowest BCUT2D eigenvalue weighted by Crippen LogP contribution is -2.42. The van der Waals surface area contributed by atoms with Crippen LogP contribution in [0.15, 0.2) is 24.5 Å². The fraction of sp³-hybridized carbons (Fsp3) is 0.500. The van der Waals surface area contributed by atoms with Crippen molar-refractivity contribution in [2.24, 2.45) is 5.92 Å². The van der Waals surface area contributed by atoms with E-state index in [2.05, 4.69) is 15.3 Å². The van der Waals surface area contributed by atoms with Crippen LogP contribution in [0.5, 0.6) is 0 Å². The van der Waals surface area contributed by atoms with Crippen LogP contribution in [0, 0.1) is 5.92 Å². The Kier molecular flexibility index (Phi) is 5.50. The maximum Gasteiger partial charge on any atom is 0.247 e. The van der Waals surface area contributed by atoms with Crippen molar-refractivity contribution in [1.29, 1.82) is 0 Å². The van der Waals surface area contributed by atoms with Gasteiger partial charge in [-0.15, -0.1) is 0 Å². The van der Waals surface area contributed by atoms with Crippen molar-refractivity contribution in [2.75, 3.05) is 36.5 Å². The summed E-state index contributed by atoms with van der Waals surface area (Å²) in [5, 5.41) is 12.7. The van der Waals surface area contributed by atoms with Crippen molar-refractivity contribution in [3.05, 3.63) is 30.2 Å². The molecule has 0 spiro atoms. The Hall–Kier alpha value is -2.58. The number of carbonyl (C=O) groups is 1. The van der Waals surface area contributed by atoms with Crippen molar-refractivity contribution in [3.63, 3.8) is 0 Å². The predicted molar refractivity (Wildman–Crippen MR) is 105 cm³/mol. The first kappa shape index (κ1) is 18.8. The number of nitrogens with one attached hydrogen (secondary N) is 1. The molecule has 1 saturated heterocycles. The maximum atomic E-state index is 12.5. The number of aliphatic hydroxyl groups excluding tert-OH is 1. The van der Waals surface area contributed by atoms with Gasteiger partial charge >= 0.3 is 0 Å². The molecule has 2 N–H and O–H groups in total. The number of carbonyl (C=O) groups excluding carboxylic acids is 1. The van der Waals surface area contributed by atoms with Crippen LogP contribution in [0.2, 0.25) is 0 Å². The van der Waals surface area contributed by atoms with Crippen molar-refractivity contribution in [3.8, 4) is 11.3 Å². The first-order valence-corrected chi connectivity index (χ1v) is 9.75. The van der Waals surface area contributed by atoms with Crippen molar-refractivity contribution < 1.29 is 14.6 Å². The van der Waals surface area contributed by atoms with Crippen LogP contribution in [-0.2, 0) is 9.53 Å². The molecule has 0 aromatic carbocycles. The number of hydrogen-bond acceptors (Lipinski definition) is 7. The largest absolute Gasteiger partial charge is 0.387 e. The molecule has 4 heterocycles. The number of ether oxygens (including phenoxy) is 1. The number of aliphatic hydroxyl groups is 1. The molecule has 148 valence electrons. The average Bonchev–Trinajstić information content (AvgIpc) is 2.73. The summed E-state index contributed by atoms with van der Waals surface area (Å²) in [6.45, 7) is 4.15. The van der Waals surface area contributed by atoms with Crippen LogP contribution in [0.25, 0.3) is 11.3 Å². The normalized spacial score (nSPS) is 18.5. The molecule has 8 heteroatoms. The van der Waals surface area contributed by atoms with Gasteiger partial charge in [-0.1, -0.05) is 0 Å². The highest BCUT2D eigenvalue weighted by molar-refractivity contribution is 6.00. The summed E-state index contributed by atoms with van der Waals surface area (Å²) in [6, 6.07) is 3.63. The van der Waals surface area contributed by atoms with Crippen LogP contribution in [-0.4, -0.2) is 52.3 Å². The van der Waals surface area contributed by atoms with Crippen LogP contribution in [0.3, 0.4) is 0 Å². The van der Waals surface area contributed by atoms with Crippen LogP contribution in [0.1, 0.15) is 38.0 Å². The van der Waals surface area contributed by atoms with E-state index in [0.29, 0.717) is 35.5 Å². The molecule has 0 aliphatic carbocycles. The van der Waals surface area contributed by atoms with Gasteiger partial charge in [0.25, 0.3) is 0 Å². The van der Waals surface area contributed by atoms with Crippen LogP contribution >= 0.6 is 0 Å². The van der Waals surface area contributed by atoms with Gasteiger partial charge in [-0.05, 0) is 44.2 Å². The highest BCUT2D eigenvalue weighted by Crippen LogP contribution is 2.30. The third-order valence-corrected chi connectivity index (χ3v) is 5.33. The summed E-state index contributed by atoms with van der Waals surface area (Å²) >= 11 is 0. The Bertz CT molecular complexity index is 834. The Morgan fingerprint density at radius 1 is 1.29 bits per heavy atom. The van der Waals surface area contributed by atoms with Gasteiger partial charge in [-0.2, -0.15) is 0 Å². The molecule has 2 aliphatic rings. The number of rotatable bonds is 5. The van der Waals surface area contributed by atoms with Crippen LogP contribution < -0.4 is 10.2 Å². The van der Waals surface area contributed by atoms with Gasteiger partial charge in [0.05, 0.1) is 30.2 Å². The summed E-state index contributed by atoms with van der Waals surface area (Å²) in [6.07, 6.45) is 5.75. The third-order valence-electron chi connectivity index (χ3n) is 5.33. The Morgan fingerprint density at radius 3 is 2.82 bits per heavy atom. The van der Waals surface area contributed by atoms with Gasteiger partial charge in [0.15, 0.2) is 11.6 Å². The first-order valence-electron chi connectivity index (χ1n) is 9.75. The second kappa shape index (κ2) is 8.20. The fourth-order valence-corrected chi connectivity index (χ4v) is 3.59. The van der Waals surface area contributed by atoms with E-state index in [1.54, 1.807) is 30.3 Å². The molecular formula is C20H25N5O3. The molecule has 2 aromatic heterocycles. The van der Waals surface area contributed by atoms with E-state index >= 15 is 0 Å². The number of pyridine rings is 1. The summed E-state index contributed by atoms with van der Waals surface area (Å²) in [4.78, 5) is 27.7. The zero-order valence-electron chi connectivity index (χ0n) is 16.0. The van der Waals surface area contributed by atoms with Gasteiger partial charge in [-0.3, -0.25) is 14.7 Å². The number of fused-ring (bicyclic) bond motifs is 1. The number of aromatic nitrogens is 3. The monoisotopic (exact) mass is 383 g/mol. The molecule has 1 fully saturated rings. The lowest BCUT2D eigenvalue weighted by Gasteiger charge is -2.30. The predicted octanol–water partition coefficient (Wildman–Crippen LogP) is 2.17. The lowest BCUT2D eigenvalue weighted by atomic mass is 9.96. The van der Waals surface area contributed by atoms with Crippen molar-refractivity contribution >= 4 is 17.5 Å². The maximum absolute atomic E-state index is 12.5. The number of hydrogen-bond donors (Lipinski definition) is 2. The summed E-state index contributed by atoms with van der Waals surface area (Å²) in [5.41, 5.74) is 2.04. The topological polar surface area (TPSA) is 100 Å². The minimum absolute atomic E-state index is 0.00795. The summed E-state index contributed by atoms with van der Waals surface area (Å²) in [5.74, 6) is 1.78. The van der Waals surface area contributed by atoms with E-state index in [9.17, 15) is 9.90 Å². The second-order valence-electron chi connectivity index (χ2n) is 7.32. The summed E-state index contributed by atoms with van der Waals surface area (Å²) in [7, 11) is 0. The fourth-order valence-electron chi connectivity index (χ4n) is 3.59. The molecule has 4 rings (SSSR count). The van der Waals surface area contributed by atoms with Gasteiger partial charge < -0.3 is 15.2 Å². The van der Waals surface area contributed by atoms with Gasteiger partial charge in [0, 0.05) is 31.5 Å². The van der Waals surface area contributed by atoms with E-state index in [-0.39, 0.29) is 12.5 Å².